The van der Waals surface area contributed by atoms with Gasteiger partial charge in [-0.2, -0.15) is 0 Å². The molecule has 0 aliphatic rings. The summed E-state index contributed by atoms with van der Waals surface area (Å²) >= 11 is 0. The van der Waals surface area contributed by atoms with Crippen molar-refractivity contribution in [1.82, 2.24) is 4.98 Å². The zero-order valence-electron chi connectivity index (χ0n) is 8.68. The first-order valence-electron chi connectivity index (χ1n) is 4.50. The maximum absolute atomic E-state index is 13.0. The van der Waals surface area contributed by atoms with Gasteiger partial charge in [0.2, 0.25) is 5.88 Å². The molecule has 0 bridgehead atoms. The zero-order chi connectivity index (χ0) is 12.6. The van der Waals surface area contributed by atoms with E-state index >= 15 is 0 Å². The van der Waals surface area contributed by atoms with Gasteiger partial charge in [-0.25, -0.2) is 12.8 Å². The summed E-state index contributed by atoms with van der Waals surface area (Å²) in [7, 11) is -3.66. The minimum Gasteiger partial charge on any atom is -0.493 e. The maximum atomic E-state index is 13.0. The SMILES string of the molecule is CS(=O)(=O)N=Nc1c(O)[nH]c2ccc(F)cc12. The third-order valence-corrected chi connectivity index (χ3v) is 2.38. The van der Waals surface area contributed by atoms with E-state index in [2.05, 4.69) is 14.6 Å². The molecule has 0 fully saturated rings. The Morgan fingerprint density at radius 1 is 1.41 bits per heavy atom. The minimum absolute atomic E-state index is 0.107. The molecule has 2 rings (SSSR count). The number of aromatic nitrogens is 1. The maximum Gasteiger partial charge on any atom is 0.267 e. The number of benzene rings is 1. The van der Waals surface area contributed by atoms with Crippen LogP contribution in [-0.4, -0.2) is 24.8 Å². The van der Waals surface area contributed by atoms with Gasteiger partial charge < -0.3 is 10.1 Å². The van der Waals surface area contributed by atoms with Crippen LogP contribution in [0.3, 0.4) is 0 Å². The third-order valence-electron chi connectivity index (χ3n) is 2.00. The van der Waals surface area contributed by atoms with E-state index in [0.717, 1.165) is 12.3 Å². The summed E-state index contributed by atoms with van der Waals surface area (Å²) in [6, 6.07) is 3.74. The van der Waals surface area contributed by atoms with Crippen LogP contribution in [0.1, 0.15) is 0 Å². The Morgan fingerprint density at radius 2 is 2.12 bits per heavy atom. The van der Waals surface area contributed by atoms with E-state index in [1.165, 1.54) is 12.1 Å². The number of nitrogens with zero attached hydrogens (tertiary/aromatic N) is 2. The van der Waals surface area contributed by atoms with E-state index in [9.17, 15) is 17.9 Å². The first kappa shape index (κ1) is 11.5. The number of fused-ring (bicyclic) bond motifs is 1. The molecule has 8 heteroatoms. The molecule has 2 N–H and O–H groups in total. The Bertz CT molecular complexity index is 706. The van der Waals surface area contributed by atoms with Crippen molar-refractivity contribution in [3.05, 3.63) is 24.0 Å². The van der Waals surface area contributed by atoms with Crippen molar-refractivity contribution in [3.63, 3.8) is 0 Å². The van der Waals surface area contributed by atoms with Gasteiger partial charge in [-0.15, -0.1) is 5.11 Å². The molecule has 0 amide bonds. The first-order valence-corrected chi connectivity index (χ1v) is 6.35. The minimum atomic E-state index is -3.66. The highest BCUT2D eigenvalue weighted by molar-refractivity contribution is 7.89. The van der Waals surface area contributed by atoms with Gasteiger partial charge in [-0.3, -0.25) is 0 Å². The molecule has 0 saturated heterocycles. The van der Waals surface area contributed by atoms with E-state index in [0.29, 0.717) is 5.52 Å². The second-order valence-electron chi connectivity index (χ2n) is 3.43. The lowest BCUT2D eigenvalue weighted by Crippen LogP contribution is -1.86. The van der Waals surface area contributed by atoms with Crippen LogP contribution >= 0.6 is 0 Å². The molecular weight excluding hydrogens is 249 g/mol. The molecule has 90 valence electrons. The molecule has 1 aromatic heterocycles. The smallest absolute Gasteiger partial charge is 0.267 e. The molecule has 1 heterocycles. The summed E-state index contributed by atoms with van der Waals surface area (Å²) < 4.78 is 37.7. The van der Waals surface area contributed by atoms with Crippen LogP contribution in [0.15, 0.2) is 27.8 Å². The molecule has 2 aromatic rings. The van der Waals surface area contributed by atoms with Gasteiger partial charge >= 0.3 is 0 Å². The van der Waals surface area contributed by atoms with Gasteiger partial charge in [0.25, 0.3) is 10.0 Å². The van der Waals surface area contributed by atoms with Crippen LogP contribution < -0.4 is 0 Å². The van der Waals surface area contributed by atoms with Gasteiger partial charge in [0, 0.05) is 5.39 Å². The zero-order valence-corrected chi connectivity index (χ0v) is 9.49. The van der Waals surface area contributed by atoms with Gasteiger partial charge in [-0.1, -0.05) is 4.52 Å². The van der Waals surface area contributed by atoms with Crippen molar-refractivity contribution in [2.45, 2.75) is 0 Å². The first-order chi connectivity index (χ1) is 7.87. The molecule has 17 heavy (non-hydrogen) atoms. The monoisotopic (exact) mass is 257 g/mol. The number of H-pyrrole nitrogens is 1. The van der Waals surface area contributed by atoms with Crippen molar-refractivity contribution >= 4 is 26.6 Å². The van der Waals surface area contributed by atoms with Crippen molar-refractivity contribution < 1.29 is 17.9 Å². The molecule has 0 aliphatic heterocycles. The number of hydrogen-bond acceptors (Lipinski definition) is 4. The normalized spacial score (nSPS) is 12.6. The standard InChI is InChI=1S/C9H8FN3O3S/c1-17(15,16)13-12-8-6-4-5(10)2-3-7(6)11-9(8)14/h2-4,11,14H,1H3. The van der Waals surface area contributed by atoms with Crippen molar-refractivity contribution in [2.24, 2.45) is 9.63 Å². The van der Waals surface area contributed by atoms with Crippen LogP contribution in [-0.2, 0) is 10.0 Å². The number of halogens is 1. The second-order valence-corrected chi connectivity index (χ2v) is 5.06. The molecule has 0 aliphatic carbocycles. The Morgan fingerprint density at radius 3 is 2.76 bits per heavy atom. The summed E-state index contributed by atoms with van der Waals surface area (Å²) in [5, 5.41) is 13.2. The number of hydrogen-bond donors (Lipinski definition) is 2. The van der Waals surface area contributed by atoms with E-state index in [1.807, 2.05) is 0 Å². The molecule has 0 unspecified atom stereocenters. The summed E-state index contributed by atoms with van der Waals surface area (Å²) in [5.74, 6) is -0.884. The number of aromatic amines is 1. The Balaban J connectivity index is 2.64. The topological polar surface area (TPSA) is 94.9 Å². The fourth-order valence-electron chi connectivity index (χ4n) is 1.35. The Labute approximate surface area is 95.9 Å². The lowest BCUT2D eigenvalue weighted by Gasteiger charge is -1.91. The highest BCUT2D eigenvalue weighted by atomic mass is 32.2. The number of rotatable bonds is 2. The van der Waals surface area contributed by atoms with E-state index in [4.69, 9.17) is 0 Å². The van der Waals surface area contributed by atoms with Crippen LogP contribution in [0.5, 0.6) is 5.88 Å². The fraction of sp³-hybridized carbons (Fsp3) is 0.111. The van der Waals surface area contributed by atoms with Gasteiger partial charge in [0.05, 0.1) is 11.8 Å². The average molecular weight is 257 g/mol. The molecular formula is C9H8FN3O3S. The van der Waals surface area contributed by atoms with Crippen molar-refractivity contribution in [2.75, 3.05) is 6.26 Å². The molecule has 6 nitrogen and oxygen atoms in total. The van der Waals surface area contributed by atoms with Gasteiger partial charge in [-0.05, 0) is 18.2 Å². The van der Waals surface area contributed by atoms with Gasteiger partial charge in [0.1, 0.15) is 5.82 Å². The van der Waals surface area contributed by atoms with Gasteiger partial charge in [0.15, 0.2) is 5.69 Å². The van der Waals surface area contributed by atoms with E-state index < -0.39 is 15.8 Å². The lowest BCUT2D eigenvalue weighted by atomic mass is 10.2. The predicted octanol–water partition coefficient (Wildman–Crippen LogP) is 2.06. The largest absolute Gasteiger partial charge is 0.493 e. The molecule has 0 spiro atoms. The quantitative estimate of drug-likeness (QED) is 0.806. The van der Waals surface area contributed by atoms with Crippen molar-refractivity contribution in [1.29, 1.82) is 0 Å². The fourth-order valence-corrected chi connectivity index (χ4v) is 1.58. The molecule has 0 radical (unpaired) electrons. The van der Waals surface area contributed by atoms with Crippen LogP contribution in [0.4, 0.5) is 10.1 Å². The summed E-state index contributed by atoms with van der Waals surface area (Å²) in [6.07, 6.45) is 0.864. The summed E-state index contributed by atoms with van der Waals surface area (Å²) in [5.41, 5.74) is 0.330. The second kappa shape index (κ2) is 3.81. The van der Waals surface area contributed by atoms with Crippen LogP contribution in [0, 0.1) is 5.82 Å². The highest BCUT2D eigenvalue weighted by Gasteiger charge is 2.11. The molecule has 0 atom stereocenters. The summed E-state index contributed by atoms with van der Waals surface area (Å²) in [4.78, 5) is 2.53. The number of nitrogens with one attached hydrogen (secondary N) is 1. The number of sulfonamides is 1. The molecule has 1 aromatic carbocycles. The Kier molecular flexibility index (Phi) is 2.58. The third kappa shape index (κ3) is 2.41. The van der Waals surface area contributed by atoms with Crippen LogP contribution in [0.2, 0.25) is 0 Å². The predicted molar refractivity (Wildman–Crippen MR) is 59.3 cm³/mol. The van der Waals surface area contributed by atoms with E-state index in [-0.39, 0.29) is 17.0 Å². The average Bonchev–Trinajstić information content (AvgIpc) is 2.49. The lowest BCUT2D eigenvalue weighted by molar-refractivity contribution is 0.459. The summed E-state index contributed by atoms with van der Waals surface area (Å²) in [6.45, 7) is 0. The van der Waals surface area contributed by atoms with Crippen LogP contribution in [0.25, 0.3) is 10.9 Å². The molecule has 0 saturated carbocycles. The number of aromatic hydroxyl groups is 1. The van der Waals surface area contributed by atoms with Crippen molar-refractivity contribution in [3.8, 4) is 5.88 Å². The van der Waals surface area contributed by atoms with E-state index in [1.54, 1.807) is 0 Å². The Hall–Kier alpha value is -1.96. The highest BCUT2D eigenvalue weighted by Crippen LogP contribution is 2.35.